The van der Waals surface area contributed by atoms with Gasteiger partial charge in [-0.15, -0.1) is 5.10 Å². The molecule has 0 radical (unpaired) electrons. The molecule has 0 fully saturated rings. The molecule has 2 heterocycles. The number of carbonyl (C=O) groups excluding carboxylic acids is 1. The number of rotatable bonds is 5. The van der Waals surface area contributed by atoms with Gasteiger partial charge in [0.25, 0.3) is 0 Å². The van der Waals surface area contributed by atoms with Gasteiger partial charge in [0.2, 0.25) is 5.91 Å². The summed E-state index contributed by atoms with van der Waals surface area (Å²) < 4.78 is 8.26. The van der Waals surface area contributed by atoms with Gasteiger partial charge < -0.3 is 10.1 Å². The minimum absolute atomic E-state index is 0.0387. The van der Waals surface area contributed by atoms with Crippen molar-refractivity contribution in [3.8, 4) is 5.75 Å². The number of amides is 1. The fraction of sp³-hybridized carbons (Fsp3) is 0.389. The number of benzene rings is 1. The highest BCUT2D eigenvalue weighted by Gasteiger charge is 2.14. The molecule has 132 valence electrons. The number of pyridine rings is 1. The van der Waals surface area contributed by atoms with Crippen LogP contribution in [0.3, 0.4) is 0 Å². The zero-order chi connectivity index (χ0) is 18.1. The smallest absolute Gasteiger partial charge is 0.350 e. The number of hydrogen-bond donors (Lipinski definition) is 1. The van der Waals surface area contributed by atoms with E-state index in [-0.39, 0.29) is 17.5 Å². The summed E-state index contributed by atoms with van der Waals surface area (Å²) >= 11 is 0. The lowest BCUT2D eigenvalue weighted by molar-refractivity contribution is -0.124. The van der Waals surface area contributed by atoms with Crippen LogP contribution in [0.25, 0.3) is 16.6 Å². The number of aromatic nitrogens is 3. The third-order valence-corrected chi connectivity index (χ3v) is 4.19. The number of nitrogens with zero attached hydrogens (tertiary/aromatic N) is 3. The number of hydrogen-bond acceptors (Lipinski definition) is 4. The Morgan fingerprint density at radius 3 is 2.76 bits per heavy atom. The van der Waals surface area contributed by atoms with Gasteiger partial charge in [-0.05, 0) is 36.1 Å². The number of ether oxygens (including phenoxy) is 1. The second-order valence-corrected chi connectivity index (χ2v) is 6.36. The Morgan fingerprint density at radius 2 is 2.08 bits per heavy atom. The molecule has 25 heavy (non-hydrogen) atoms. The molecule has 1 amide bonds. The summed E-state index contributed by atoms with van der Waals surface area (Å²) in [5, 5.41) is 8.18. The van der Waals surface area contributed by atoms with E-state index in [1.54, 1.807) is 11.5 Å². The Kier molecular flexibility index (Phi) is 4.48. The summed E-state index contributed by atoms with van der Waals surface area (Å²) in [5.41, 5.74) is 2.05. The van der Waals surface area contributed by atoms with Gasteiger partial charge >= 0.3 is 5.69 Å². The second-order valence-electron chi connectivity index (χ2n) is 6.36. The fourth-order valence-electron chi connectivity index (χ4n) is 2.78. The van der Waals surface area contributed by atoms with Gasteiger partial charge in [-0.1, -0.05) is 13.8 Å². The van der Waals surface area contributed by atoms with Gasteiger partial charge in [0, 0.05) is 18.5 Å². The maximum atomic E-state index is 12.8. The van der Waals surface area contributed by atoms with Crippen molar-refractivity contribution in [2.45, 2.75) is 27.3 Å². The van der Waals surface area contributed by atoms with Crippen molar-refractivity contribution in [2.75, 3.05) is 13.7 Å². The normalized spacial score (nSPS) is 11.4. The van der Waals surface area contributed by atoms with Crippen molar-refractivity contribution in [1.29, 1.82) is 0 Å². The molecule has 0 spiro atoms. The summed E-state index contributed by atoms with van der Waals surface area (Å²) in [6.45, 7) is 6.27. The summed E-state index contributed by atoms with van der Waals surface area (Å²) in [7, 11) is 1.59. The maximum Gasteiger partial charge on any atom is 0.350 e. The van der Waals surface area contributed by atoms with Gasteiger partial charge in [0.05, 0.1) is 19.2 Å². The van der Waals surface area contributed by atoms with Crippen LogP contribution in [-0.2, 0) is 11.3 Å². The lowest BCUT2D eigenvalue weighted by atomic mass is 10.1. The minimum atomic E-state index is -0.226. The van der Waals surface area contributed by atoms with Crippen molar-refractivity contribution in [3.05, 3.63) is 40.3 Å². The SMILES string of the molecule is COc1ccc2cc(C)c3nn(CCNC(=O)C(C)C)c(=O)n3c2c1. The van der Waals surface area contributed by atoms with E-state index in [0.717, 1.165) is 16.5 Å². The van der Waals surface area contributed by atoms with Crippen molar-refractivity contribution < 1.29 is 9.53 Å². The highest BCUT2D eigenvalue weighted by molar-refractivity contribution is 5.84. The van der Waals surface area contributed by atoms with Crippen LogP contribution in [0.1, 0.15) is 19.4 Å². The van der Waals surface area contributed by atoms with Crippen LogP contribution in [0.2, 0.25) is 0 Å². The van der Waals surface area contributed by atoms with Crippen molar-refractivity contribution in [1.82, 2.24) is 19.5 Å². The molecule has 0 bridgehead atoms. The summed E-state index contributed by atoms with van der Waals surface area (Å²) in [5.74, 6) is 0.557. The molecule has 0 saturated carbocycles. The molecular weight excluding hydrogens is 320 g/mol. The van der Waals surface area contributed by atoms with Crippen LogP contribution in [0.5, 0.6) is 5.75 Å². The third-order valence-electron chi connectivity index (χ3n) is 4.19. The molecule has 0 saturated heterocycles. The molecule has 0 aliphatic rings. The Morgan fingerprint density at radius 1 is 1.32 bits per heavy atom. The lowest BCUT2D eigenvalue weighted by Gasteiger charge is -2.06. The molecule has 7 nitrogen and oxygen atoms in total. The average molecular weight is 342 g/mol. The first kappa shape index (κ1) is 17.0. The molecule has 1 aromatic carbocycles. The lowest BCUT2D eigenvalue weighted by Crippen LogP contribution is -2.33. The van der Waals surface area contributed by atoms with E-state index in [4.69, 9.17) is 4.74 Å². The Labute approximate surface area is 145 Å². The number of carbonyl (C=O) groups is 1. The average Bonchev–Trinajstić information content (AvgIpc) is 2.92. The van der Waals surface area contributed by atoms with Crippen LogP contribution < -0.4 is 15.7 Å². The Balaban J connectivity index is 2.03. The minimum Gasteiger partial charge on any atom is -0.497 e. The van der Waals surface area contributed by atoms with E-state index >= 15 is 0 Å². The van der Waals surface area contributed by atoms with Crippen molar-refractivity contribution in [2.24, 2.45) is 5.92 Å². The molecule has 0 unspecified atom stereocenters. The molecule has 0 atom stereocenters. The first-order valence-corrected chi connectivity index (χ1v) is 8.27. The third kappa shape index (κ3) is 3.09. The second kappa shape index (κ2) is 6.58. The zero-order valence-corrected chi connectivity index (χ0v) is 14.9. The van der Waals surface area contributed by atoms with Gasteiger partial charge in [-0.25, -0.2) is 13.9 Å². The fourth-order valence-corrected chi connectivity index (χ4v) is 2.78. The molecule has 3 aromatic rings. The molecule has 2 aromatic heterocycles. The summed E-state index contributed by atoms with van der Waals surface area (Å²) in [4.78, 5) is 24.5. The number of fused-ring (bicyclic) bond motifs is 3. The van der Waals surface area contributed by atoms with E-state index in [1.807, 2.05) is 45.0 Å². The van der Waals surface area contributed by atoms with Crippen LogP contribution in [0.4, 0.5) is 0 Å². The zero-order valence-electron chi connectivity index (χ0n) is 14.9. The first-order valence-electron chi connectivity index (χ1n) is 8.27. The van der Waals surface area contributed by atoms with Crippen LogP contribution in [-0.4, -0.2) is 33.7 Å². The van der Waals surface area contributed by atoms with Gasteiger partial charge in [-0.2, -0.15) is 0 Å². The van der Waals surface area contributed by atoms with E-state index in [1.165, 1.54) is 4.68 Å². The molecule has 0 aliphatic heterocycles. The molecular formula is C18H22N4O3. The number of nitrogens with one attached hydrogen (secondary N) is 1. The Hall–Kier alpha value is -2.83. The number of methoxy groups -OCH3 is 1. The van der Waals surface area contributed by atoms with Crippen LogP contribution in [0.15, 0.2) is 29.1 Å². The largest absolute Gasteiger partial charge is 0.497 e. The van der Waals surface area contributed by atoms with Crippen LogP contribution >= 0.6 is 0 Å². The molecule has 3 rings (SSSR count). The predicted molar refractivity (Wildman–Crippen MR) is 96.1 cm³/mol. The summed E-state index contributed by atoms with van der Waals surface area (Å²) in [6.07, 6.45) is 0. The number of aryl methyl sites for hydroxylation is 1. The van der Waals surface area contributed by atoms with E-state index < -0.39 is 0 Å². The molecule has 7 heteroatoms. The molecule has 1 N–H and O–H groups in total. The summed E-state index contributed by atoms with van der Waals surface area (Å²) in [6, 6.07) is 7.62. The highest BCUT2D eigenvalue weighted by atomic mass is 16.5. The van der Waals surface area contributed by atoms with Crippen molar-refractivity contribution in [3.63, 3.8) is 0 Å². The molecule has 0 aliphatic carbocycles. The highest BCUT2D eigenvalue weighted by Crippen LogP contribution is 2.23. The van der Waals surface area contributed by atoms with E-state index in [2.05, 4.69) is 10.4 Å². The maximum absolute atomic E-state index is 12.8. The standard InChI is InChI=1S/C18H22N4O3/c1-11(2)17(23)19-7-8-21-18(24)22-15-10-14(25-4)6-5-13(15)9-12(3)16(22)20-21/h5-6,9-11H,7-8H2,1-4H3,(H,19,23). The van der Waals surface area contributed by atoms with Crippen molar-refractivity contribution >= 4 is 22.5 Å². The van der Waals surface area contributed by atoms with Gasteiger partial charge in [0.1, 0.15) is 5.75 Å². The Bertz CT molecular complexity index is 1000. The topological polar surface area (TPSA) is 77.6 Å². The quantitative estimate of drug-likeness (QED) is 0.766. The van der Waals surface area contributed by atoms with E-state index in [0.29, 0.717) is 24.5 Å². The van der Waals surface area contributed by atoms with Crippen LogP contribution in [0, 0.1) is 12.8 Å². The monoisotopic (exact) mass is 342 g/mol. The van der Waals surface area contributed by atoms with Gasteiger partial charge in [0.15, 0.2) is 5.65 Å². The van der Waals surface area contributed by atoms with E-state index in [9.17, 15) is 9.59 Å². The van der Waals surface area contributed by atoms with Gasteiger partial charge in [-0.3, -0.25) is 4.79 Å². The predicted octanol–water partition coefficient (Wildman–Crippen LogP) is 1.74. The first-order chi connectivity index (χ1) is 11.9.